The minimum absolute atomic E-state index is 0.0162. The van der Waals surface area contributed by atoms with E-state index in [-0.39, 0.29) is 18.1 Å². The van der Waals surface area contributed by atoms with Crippen LogP contribution in [0.2, 0.25) is 0 Å². The standard InChI is InChI=1S/C17H20N4O5/c1-9-7-10(2)15(21(23)24)11(3)14(9)17(22)20-5-6-25-13(8-20)16-18-12(4)26-19-16/h7,13H,5-6,8H2,1-4H3/t13-/m1/s1. The molecular formula is C17H20N4O5. The molecule has 1 fully saturated rings. The van der Waals surface area contributed by atoms with Crippen molar-refractivity contribution in [1.29, 1.82) is 0 Å². The summed E-state index contributed by atoms with van der Waals surface area (Å²) in [5.41, 5.74) is 2.00. The van der Waals surface area contributed by atoms with Crippen LogP contribution >= 0.6 is 0 Å². The van der Waals surface area contributed by atoms with Crippen LogP contribution in [0.1, 0.15) is 44.9 Å². The molecule has 0 radical (unpaired) electrons. The van der Waals surface area contributed by atoms with E-state index in [1.165, 1.54) is 0 Å². The summed E-state index contributed by atoms with van der Waals surface area (Å²) in [6.07, 6.45) is -0.480. The first-order chi connectivity index (χ1) is 12.3. The Morgan fingerprint density at radius 1 is 1.31 bits per heavy atom. The Balaban J connectivity index is 1.92. The number of hydrogen-bond acceptors (Lipinski definition) is 7. The fraction of sp³-hybridized carbons (Fsp3) is 0.471. The third-order valence-electron chi connectivity index (χ3n) is 4.51. The number of carbonyl (C=O) groups is 1. The summed E-state index contributed by atoms with van der Waals surface area (Å²) in [6.45, 7) is 7.75. The van der Waals surface area contributed by atoms with Gasteiger partial charge >= 0.3 is 0 Å². The molecular weight excluding hydrogens is 340 g/mol. The highest BCUT2D eigenvalue weighted by Crippen LogP contribution is 2.30. The molecule has 2 aromatic rings. The van der Waals surface area contributed by atoms with E-state index in [4.69, 9.17) is 9.26 Å². The van der Waals surface area contributed by atoms with Gasteiger partial charge in [0.05, 0.1) is 23.6 Å². The molecule has 0 bridgehead atoms. The summed E-state index contributed by atoms with van der Waals surface area (Å²) < 4.78 is 10.6. The van der Waals surface area contributed by atoms with Gasteiger partial charge in [-0.25, -0.2) is 0 Å². The van der Waals surface area contributed by atoms with Crippen LogP contribution in [-0.2, 0) is 4.74 Å². The molecule has 0 saturated carbocycles. The molecule has 0 spiro atoms. The summed E-state index contributed by atoms with van der Waals surface area (Å²) >= 11 is 0. The lowest BCUT2D eigenvalue weighted by Gasteiger charge is -2.32. The van der Waals surface area contributed by atoms with E-state index in [9.17, 15) is 14.9 Å². The topological polar surface area (TPSA) is 112 Å². The number of morpholine rings is 1. The van der Waals surface area contributed by atoms with Crippen LogP contribution in [0.5, 0.6) is 0 Å². The predicted molar refractivity (Wildman–Crippen MR) is 90.9 cm³/mol. The van der Waals surface area contributed by atoms with Crippen molar-refractivity contribution in [1.82, 2.24) is 15.0 Å². The molecule has 1 amide bonds. The molecule has 9 nitrogen and oxygen atoms in total. The second-order valence-electron chi connectivity index (χ2n) is 6.40. The SMILES string of the molecule is Cc1nc([C@H]2CN(C(=O)c3c(C)cc(C)c([N+](=O)[O-])c3C)CCO2)no1. The number of amides is 1. The van der Waals surface area contributed by atoms with Crippen LogP contribution in [-0.4, -0.2) is 45.6 Å². The minimum Gasteiger partial charge on any atom is -0.366 e. The number of nitrogens with zero attached hydrogens (tertiary/aromatic N) is 4. The third-order valence-corrected chi connectivity index (χ3v) is 4.51. The number of hydrogen-bond donors (Lipinski definition) is 0. The average Bonchev–Trinajstić information content (AvgIpc) is 3.00. The molecule has 0 unspecified atom stereocenters. The number of nitro groups is 1. The van der Waals surface area contributed by atoms with Gasteiger partial charge in [0.15, 0.2) is 0 Å². The molecule has 3 rings (SSSR count). The zero-order valence-corrected chi connectivity index (χ0v) is 15.1. The van der Waals surface area contributed by atoms with Crippen molar-refractivity contribution >= 4 is 11.6 Å². The lowest BCUT2D eigenvalue weighted by Crippen LogP contribution is -2.43. The van der Waals surface area contributed by atoms with Gasteiger partial charge in [-0.3, -0.25) is 14.9 Å². The van der Waals surface area contributed by atoms with E-state index in [1.54, 1.807) is 38.7 Å². The lowest BCUT2D eigenvalue weighted by atomic mass is 9.96. The number of carbonyl (C=O) groups excluding carboxylic acids is 1. The fourth-order valence-electron chi connectivity index (χ4n) is 3.38. The van der Waals surface area contributed by atoms with Crippen molar-refractivity contribution in [2.45, 2.75) is 33.8 Å². The number of aryl methyl sites for hydroxylation is 3. The van der Waals surface area contributed by atoms with Gasteiger partial charge in [-0.2, -0.15) is 4.98 Å². The van der Waals surface area contributed by atoms with E-state index in [2.05, 4.69) is 10.1 Å². The van der Waals surface area contributed by atoms with Gasteiger partial charge < -0.3 is 14.2 Å². The molecule has 2 heterocycles. The van der Waals surface area contributed by atoms with Crippen molar-refractivity contribution < 1.29 is 19.0 Å². The molecule has 1 aliphatic rings. The smallest absolute Gasteiger partial charge is 0.275 e. The highest BCUT2D eigenvalue weighted by atomic mass is 16.6. The number of nitro benzene ring substituents is 1. The Morgan fingerprint density at radius 3 is 2.65 bits per heavy atom. The largest absolute Gasteiger partial charge is 0.366 e. The monoisotopic (exact) mass is 360 g/mol. The van der Waals surface area contributed by atoms with Gasteiger partial charge in [0.25, 0.3) is 11.6 Å². The predicted octanol–water partition coefficient (Wildman–Crippen LogP) is 2.43. The maximum absolute atomic E-state index is 13.1. The molecule has 1 aromatic carbocycles. The van der Waals surface area contributed by atoms with Crippen molar-refractivity contribution in [2.75, 3.05) is 19.7 Å². The molecule has 0 aliphatic carbocycles. The quantitative estimate of drug-likeness (QED) is 0.610. The van der Waals surface area contributed by atoms with Crippen LogP contribution in [0.15, 0.2) is 10.6 Å². The molecule has 1 atom stereocenters. The molecule has 26 heavy (non-hydrogen) atoms. The summed E-state index contributed by atoms with van der Waals surface area (Å²) in [5.74, 6) is 0.563. The van der Waals surface area contributed by atoms with Crippen LogP contribution in [0.3, 0.4) is 0 Å². The molecule has 1 aliphatic heterocycles. The Morgan fingerprint density at radius 2 is 2.04 bits per heavy atom. The van der Waals surface area contributed by atoms with E-state index in [1.807, 2.05) is 0 Å². The van der Waals surface area contributed by atoms with E-state index in [0.717, 1.165) is 0 Å². The van der Waals surface area contributed by atoms with E-state index in [0.29, 0.717) is 47.1 Å². The highest BCUT2D eigenvalue weighted by molar-refractivity contribution is 5.98. The van der Waals surface area contributed by atoms with Crippen molar-refractivity contribution in [3.05, 3.63) is 50.1 Å². The summed E-state index contributed by atoms with van der Waals surface area (Å²) in [6, 6.07) is 1.68. The first kappa shape index (κ1) is 18.0. The Bertz CT molecular complexity index is 876. The second kappa shape index (κ2) is 6.83. The zero-order valence-electron chi connectivity index (χ0n) is 15.1. The van der Waals surface area contributed by atoms with Gasteiger partial charge in [0, 0.05) is 24.6 Å². The van der Waals surface area contributed by atoms with Crippen LogP contribution in [0.4, 0.5) is 5.69 Å². The van der Waals surface area contributed by atoms with Crippen LogP contribution in [0, 0.1) is 37.8 Å². The number of ether oxygens (including phenoxy) is 1. The average molecular weight is 360 g/mol. The first-order valence-corrected chi connectivity index (χ1v) is 8.26. The second-order valence-corrected chi connectivity index (χ2v) is 6.40. The Labute approximate surface area is 150 Å². The summed E-state index contributed by atoms with van der Waals surface area (Å²) in [7, 11) is 0. The fourth-order valence-corrected chi connectivity index (χ4v) is 3.38. The molecule has 1 aromatic heterocycles. The zero-order chi connectivity index (χ0) is 19.0. The highest BCUT2D eigenvalue weighted by Gasteiger charge is 2.32. The third kappa shape index (κ3) is 3.17. The first-order valence-electron chi connectivity index (χ1n) is 8.26. The maximum atomic E-state index is 13.1. The van der Waals surface area contributed by atoms with Gasteiger partial charge in [0.1, 0.15) is 6.10 Å². The molecule has 9 heteroatoms. The van der Waals surface area contributed by atoms with Crippen molar-refractivity contribution in [3.63, 3.8) is 0 Å². The van der Waals surface area contributed by atoms with E-state index >= 15 is 0 Å². The number of rotatable bonds is 3. The molecule has 0 N–H and O–H groups in total. The summed E-state index contributed by atoms with van der Waals surface area (Å²) in [4.78, 5) is 29.8. The van der Waals surface area contributed by atoms with Gasteiger partial charge in [-0.05, 0) is 32.4 Å². The van der Waals surface area contributed by atoms with Crippen molar-refractivity contribution in [2.24, 2.45) is 0 Å². The van der Waals surface area contributed by atoms with Gasteiger partial charge in [-0.15, -0.1) is 0 Å². The number of benzene rings is 1. The Hall–Kier alpha value is -2.81. The normalized spacial score (nSPS) is 17.4. The lowest BCUT2D eigenvalue weighted by molar-refractivity contribution is -0.386. The van der Waals surface area contributed by atoms with Crippen LogP contribution < -0.4 is 0 Å². The number of aromatic nitrogens is 2. The minimum atomic E-state index is -0.480. The van der Waals surface area contributed by atoms with E-state index < -0.39 is 11.0 Å². The Kier molecular flexibility index (Phi) is 4.73. The maximum Gasteiger partial charge on any atom is 0.275 e. The summed E-state index contributed by atoms with van der Waals surface area (Å²) in [5, 5.41) is 15.2. The molecule has 1 saturated heterocycles. The van der Waals surface area contributed by atoms with Crippen molar-refractivity contribution in [3.8, 4) is 0 Å². The van der Waals surface area contributed by atoms with Gasteiger partial charge in [-0.1, -0.05) is 5.16 Å². The molecule has 138 valence electrons. The van der Waals surface area contributed by atoms with Gasteiger partial charge in [0.2, 0.25) is 11.7 Å². The van der Waals surface area contributed by atoms with Crippen LogP contribution in [0.25, 0.3) is 0 Å².